The van der Waals surface area contributed by atoms with E-state index in [-0.39, 0.29) is 5.78 Å². The largest absolute Gasteiger partial charge is 0.784 e. The van der Waals surface area contributed by atoms with Crippen molar-refractivity contribution >= 4 is 5.78 Å². The highest BCUT2D eigenvalue weighted by Crippen LogP contribution is 2.36. The fourth-order valence-corrected chi connectivity index (χ4v) is 1.55. The van der Waals surface area contributed by atoms with Crippen LogP contribution in [-0.4, -0.2) is 21.9 Å². The van der Waals surface area contributed by atoms with E-state index in [2.05, 4.69) is 0 Å². The maximum absolute atomic E-state index is 11.5. The molecule has 0 spiro atoms. The smallest absolute Gasteiger partial charge is 0.153 e. The van der Waals surface area contributed by atoms with Gasteiger partial charge in [-0.05, 0) is 27.7 Å². The van der Waals surface area contributed by atoms with Gasteiger partial charge in [0.05, 0.1) is 5.54 Å². The Labute approximate surface area is 67.0 Å². The van der Waals surface area contributed by atoms with Crippen LogP contribution in [0.25, 0.3) is 0 Å². The highest BCUT2D eigenvalue weighted by molar-refractivity contribution is 5.91. The quantitative estimate of drug-likeness (QED) is 0.531. The van der Waals surface area contributed by atoms with E-state index in [0.29, 0.717) is 6.42 Å². The topological polar surface area (TPSA) is 43.4 Å². The molecule has 0 radical (unpaired) electrons. The van der Waals surface area contributed by atoms with Crippen LogP contribution in [0.5, 0.6) is 0 Å². The van der Waals surface area contributed by atoms with Crippen LogP contribution < -0.4 is 0 Å². The lowest BCUT2D eigenvalue weighted by Crippen LogP contribution is -2.45. The standard InChI is InChI=1S/C8H14NO2/c1-7(2)5-6(10)8(3,4)9(7)11/h5H2,1-4H3/q-1. The van der Waals surface area contributed by atoms with Crippen LogP contribution in [0.4, 0.5) is 0 Å². The molecule has 0 bridgehead atoms. The first-order valence-corrected chi connectivity index (χ1v) is 3.79. The summed E-state index contributed by atoms with van der Waals surface area (Å²) in [6, 6.07) is 0. The number of carbonyl (C=O) groups is 1. The maximum atomic E-state index is 11.5. The molecule has 0 unspecified atom stereocenters. The maximum Gasteiger partial charge on any atom is 0.153 e. The Hall–Kier alpha value is -0.410. The summed E-state index contributed by atoms with van der Waals surface area (Å²) in [7, 11) is 0. The molecule has 64 valence electrons. The third-order valence-electron chi connectivity index (χ3n) is 2.33. The second-order valence-corrected chi connectivity index (χ2v) is 4.27. The van der Waals surface area contributed by atoms with Gasteiger partial charge in [-0.15, -0.1) is 0 Å². The van der Waals surface area contributed by atoms with Gasteiger partial charge >= 0.3 is 0 Å². The molecule has 0 atom stereocenters. The molecule has 0 aliphatic carbocycles. The van der Waals surface area contributed by atoms with Gasteiger partial charge in [-0.1, -0.05) is 0 Å². The van der Waals surface area contributed by atoms with Crippen LogP contribution in [0.1, 0.15) is 34.1 Å². The molecular weight excluding hydrogens is 142 g/mol. The molecular formula is C8H14NO2-. The molecule has 0 amide bonds. The number of nitrogens with zero attached hydrogens (tertiary/aromatic N) is 1. The van der Waals surface area contributed by atoms with Gasteiger partial charge in [0.2, 0.25) is 0 Å². The Morgan fingerprint density at radius 3 is 1.91 bits per heavy atom. The van der Waals surface area contributed by atoms with E-state index >= 15 is 0 Å². The van der Waals surface area contributed by atoms with Crippen LogP contribution in [0, 0.1) is 5.21 Å². The SMILES string of the molecule is CC1(C)CC(=O)C(C)(C)N1[O-]. The summed E-state index contributed by atoms with van der Waals surface area (Å²) >= 11 is 0. The highest BCUT2D eigenvalue weighted by Gasteiger charge is 2.45. The molecule has 1 rings (SSSR count). The molecule has 1 aliphatic rings. The van der Waals surface area contributed by atoms with Crippen LogP contribution in [0.3, 0.4) is 0 Å². The number of rotatable bonds is 0. The van der Waals surface area contributed by atoms with Crippen molar-refractivity contribution in [3.05, 3.63) is 5.21 Å². The van der Waals surface area contributed by atoms with E-state index in [1.807, 2.05) is 0 Å². The molecule has 1 fully saturated rings. The predicted molar refractivity (Wildman–Crippen MR) is 43.0 cm³/mol. The van der Waals surface area contributed by atoms with E-state index in [0.717, 1.165) is 5.06 Å². The van der Waals surface area contributed by atoms with Crippen molar-refractivity contribution in [2.75, 3.05) is 0 Å². The molecule has 1 saturated heterocycles. The number of hydroxylamine groups is 2. The summed E-state index contributed by atoms with van der Waals surface area (Å²) in [5.74, 6) is 0.0394. The van der Waals surface area contributed by atoms with Crippen molar-refractivity contribution in [2.24, 2.45) is 0 Å². The minimum absolute atomic E-state index is 0.0394. The first kappa shape index (κ1) is 8.68. The molecule has 0 saturated carbocycles. The fraction of sp³-hybridized carbons (Fsp3) is 0.875. The molecule has 11 heavy (non-hydrogen) atoms. The molecule has 0 aromatic rings. The minimum Gasteiger partial charge on any atom is -0.784 e. The van der Waals surface area contributed by atoms with Crippen molar-refractivity contribution in [3.63, 3.8) is 0 Å². The summed E-state index contributed by atoms with van der Waals surface area (Å²) in [5.41, 5.74) is -1.33. The van der Waals surface area contributed by atoms with E-state index < -0.39 is 11.1 Å². The van der Waals surface area contributed by atoms with Gasteiger partial charge in [0.1, 0.15) is 0 Å². The zero-order valence-electron chi connectivity index (χ0n) is 7.47. The Morgan fingerprint density at radius 2 is 1.82 bits per heavy atom. The van der Waals surface area contributed by atoms with Gasteiger partial charge in [-0.3, -0.25) is 4.79 Å². The molecule has 0 aromatic heterocycles. The second kappa shape index (κ2) is 2.05. The Bertz CT molecular complexity index is 196. The van der Waals surface area contributed by atoms with Crippen LogP contribution >= 0.6 is 0 Å². The second-order valence-electron chi connectivity index (χ2n) is 4.27. The monoisotopic (exact) mass is 156 g/mol. The normalized spacial score (nSPS) is 29.4. The molecule has 0 aromatic carbocycles. The van der Waals surface area contributed by atoms with Crippen molar-refractivity contribution < 1.29 is 4.79 Å². The van der Waals surface area contributed by atoms with E-state index in [9.17, 15) is 10.0 Å². The van der Waals surface area contributed by atoms with Crippen LogP contribution in [-0.2, 0) is 4.79 Å². The number of hydrogen-bond acceptors (Lipinski definition) is 3. The Balaban J connectivity index is 2.98. The number of carbonyl (C=O) groups excluding carboxylic acids is 1. The zero-order valence-corrected chi connectivity index (χ0v) is 7.47. The lowest BCUT2D eigenvalue weighted by Gasteiger charge is -2.44. The molecule has 1 aliphatic heterocycles. The fourth-order valence-electron chi connectivity index (χ4n) is 1.55. The van der Waals surface area contributed by atoms with Crippen LogP contribution in [0.2, 0.25) is 0 Å². The zero-order chi connectivity index (χ0) is 8.86. The van der Waals surface area contributed by atoms with Crippen molar-refractivity contribution in [3.8, 4) is 0 Å². The lowest BCUT2D eigenvalue weighted by molar-refractivity contribution is -0.122. The third-order valence-corrected chi connectivity index (χ3v) is 2.33. The van der Waals surface area contributed by atoms with Crippen molar-refractivity contribution in [1.29, 1.82) is 0 Å². The number of Topliss-reactive ketones (excluding diaryl/α,β-unsaturated/α-hetero) is 1. The average Bonchev–Trinajstić information content (AvgIpc) is 1.94. The number of hydrogen-bond donors (Lipinski definition) is 0. The van der Waals surface area contributed by atoms with Crippen LogP contribution in [0.15, 0.2) is 0 Å². The minimum atomic E-state index is -0.816. The molecule has 0 N–H and O–H groups in total. The third kappa shape index (κ3) is 1.08. The van der Waals surface area contributed by atoms with Gasteiger partial charge in [-0.25, -0.2) is 0 Å². The van der Waals surface area contributed by atoms with E-state index in [4.69, 9.17) is 0 Å². The Morgan fingerprint density at radius 1 is 1.36 bits per heavy atom. The first-order chi connectivity index (χ1) is 4.78. The number of ketones is 1. The summed E-state index contributed by atoms with van der Waals surface area (Å²) in [6.45, 7) is 6.95. The van der Waals surface area contributed by atoms with Crippen molar-refractivity contribution in [2.45, 2.75) is 45.2 Å². The van der Waals surface area contributed by atoms with Gasteiger partial charge < -0.3 is 10.3 Å². The van der Waals surface area contributed by atoms with Crippen molar-refractivity contribution in [1.82, 2.24) is 5.06 Å². The first-order valence-electron chi connectivity index (χ1n) is 3.79. The van der Waals surface area contributed by atoms with E-state index in [1.54, 1.807) is 27.7 Å². The van der Waals surface area contributed by atoms with Gasteiger partial charge in [0, 0.05) is 12.0 Å². The summed E-state index contributed by atoms with van der Waals surface area (Å²) in [5, 5.41) is 12.4. The highest BCUT2D eigenvalue weighted by atomic mass is 16.5. The summed E-state index contributed by atoms with van der Waals surface area (Å²) < 4.78 is 0. The summed E-state index contributed by atoms with van der Waals surface area (Å²) in [6.07, 6.45) is 0.365. The van der Waals surface area contributed by atoms with E-state index in [1.165, 1.54) is 0 Å². The van der Waals surface area contributed by atoms with Gasteiger partial charge in [0.15, 0.2) is 5.78 Å². The predicted octanol–water partition coefficient (Wildman–Crippen LogP) is 1.32. The van der Waals surface area contributed by atoms with Gasteiger partial charge in [-0.2, -0.15) is 0 Å². The van der Waals surface area contributed by atoms with Gasteiger partial charge in [0.25, 0.3) is 0 Å². The Kier molecular flexibility index (Phi) is 1.62. The average molecular weight is 156 g/mol. The molecule has 1 heterocycles. The summed E-state index contributed by atoms with van der Waals surface area (Å²) in [4.78, 5) is 11.3. The molecule has 3 heteroatoms. The molecule has 3 nitrogen and oxygen atoms in total. The lowest BCUT2D eigenvalue weighted by atomic mass is 9.99.